The van der Waals surface area contributed by atoms with Crippen LogP contribution in [0.5, 0.6) is 0 Å². The summed E-state index contributed by atoms with van der Waals surface area (Å²) in [4.78, 5) is 13.4. The summed E-state index contributed by atoms with van der Waals surface area (Å²) < 4.78 is 4.98. The van der Waals surface area contributed by atoms with E-state index in [1.165, 1.54) is 0 Å². The van der Waals surface area contributed by atoms with Gasteiger partial charge in [-0.1, -0.05) is 0 Å². The topological polar surface area (TPSA) is 61.8 Å². The lowest BCUT2D eigenvalue weighted by Crippen LogP contribution is -2.40. The number of methoxy groups -OCH3 is 1. The van der Waals surface area contributed by atoms with E-state index in [4.69, 9.17) is 9.94 Å². The molecule has 1 aliphatic rings. The maximum Gasteiger partial charge on any atom is 0.246 e. The van der Waals surface area contributed by atoms with Crippen LogP contribution in [0.2, 0.25) is 0 Å². The zero-order valence-corrected chi connectivity index (χ0v) is 9.76. The number of hydroxylamine groups is 1. The van der Waals surface area contributed by atoms with Crippen molar-refractivity contribution in [2.45, 2.75) is 12.8 Å². The van der Waals surface area contributed by atoms with Crippen LogP contribution in [0.3, 0.4) is 0 Å². The van der Waals surface area contributed by atoms with Gasteiger partial charge in [-0.25, -0.2) is 5.48 Å². The highest BCUT2D eigenvalue weighted by Crippen LogP contribution is 2.16. The smallest absolute Gasteiger partial charge is 0.246 e. The van der Waals surface area contributed by atoms with E-state index in [9.17, 15) is 4.79 Å². The van der Waals surface area contributed by atoms with Gasteiger partial charge in [0.1, 0.15) is 0 Å². The second kappa shape index (κ2) is 7.87. The van der Waals surface area contributed by atoms with E-state index < -0.39 is 0 Å². The molecule has 0 atom stereocenters. The van der Waals surface area contributed by atoms with Crippen molar-refractivity contribution in [3.05, 3.63) is 0 Å². The summed E-state index contributed by atoms with van der Waals surface area (Å²) in [6, 6.07) is 0. The number of halogens is 1. The Balaban J connectivity index is 0.00000196. The molecule has 6 heteroatoms. The fourth-order valence-electron chi connectivity index (χ4n) is 1.73. The van der Waals surface area contributed by atoms with Crippen LogP contribution >= 0.6 is 12.4 Å². The average molecular weight is 239 g/mol. The third-order valence-corrected chi connectivity index (χ3v) is 2.68. The number of nitrogens with one attached hydrogen (secondary N) is 1. The highest BCUT2D eigenvalue weighted by molar-refractivity contribution is 5.85. The van der Waals surface area contributed by atoms with Gasteiger partial charge in [-0.05, 0) is 25.9 Å². The standard InChI is InChI=1S/C9H18N2O3.ClH/c1-14-7-6-11-4-2-8(3-5-11)9(12)10-13;/h8,13H,2-7H2,1H3,(H,10,12);1H. The molecule has 2 N–H and O–H groups in total. The first-order chi connectivity index (χ1) is 6.77. The number of carbonyl (C=O) groups is 1. The predicted octanol–water partition coefficient (Wildman–Crippen LogP) is 0.272. The van der Waals surface area contributed by atoms with Crippen molar-refractivity contribution >= 4 is 18.3 Å². The van der Waals surface area contributed by atoms with Gasteiger partial charge < -0.3 is 9.64 Å². The quantitative estimate of drug-likeness (QED) is 0.545. The van der Waals surface area contributed by atoms with Crippen molar-refractivity contribution in [1.29, 1.82) is 0 Å². The number of nitrogens with zero attached hydrogens (tertiary/aromatic N) is 1. The predicted molar refractivity (Wildman–Crippen MR) is 58.2 cm³/mol. The van der Waals surface area contributed by atoms with E-state index in [1.807, 2.05) is 0 Å². The molecule has 0 radical (unpaired) electrons. The average Bonchev–Trinajstić information content (AvgIpc) is 2.26. The molecule has 1 heterocycles. The number of likely N-dealkylation sites (tertiary alicyclic amines) is 1. The molecule has 0 aliphatic carbocycles. The molecule has 0 aromatic rings. The molecule has 0 aromatic carbocycles. The van der Waals surface area contributed by atoms with Crippen LogP contribution in [0, 0.1) is 5.92 Å². The van der Waals surface area contributed by atoms with Gasteiger partial charge in [-0.3, -0.25) is 10.0 Å². The Kier molecular flexibility index (Phi) is 7.68. The molecule has 0 saturated carbocycles. The van der Waals surface area contributed by atoms with Crippen LogP contribution in [0.4, 0.5) is 0 Å². The maximum atomic E-state index is 11.1. The number of amides is 1. The van der Waals surface area contributed by atoms with Crippen molar-refractivity contribution in [3.63, 3.8) is 0 Å². The van der Waals surface area contributed by atoms with E-state index in [-0.39, 0.29) is 24.2 Å². The Morgan fingerprint density at radius 2 is 2.13 bits per heavy atom. The lowest BCUT2D eigenvalue weighted by atomic mass is 9.96. The van der Waals surface area contributed by atoms with Gasteiger partial charge >= 0.3 is 0 Å². The third kappa shape index (κ3) is 4.79. The molecule has 1 fully saturated rings. The third-order valence-electron chi connectivity index (χ3n) is 2.68. The van der Waals surface area contributed by atoms with E-state index in [1.54, 1.807) is 12.6 Å². The first kappa shape index (κ1) is 14.6. The second-order valence-corrected chi connectivity index (χ2v) is 3.58. The van der Waals surface area contributed by atoms with Crippen LogP contribution in [0.25, 0.3) is 0 Å². The lowest BCUT2D eigenvalue weighted by molar-refractivity contribution is -0.134. The van der Waals surface area contributed by atoms with E-state index >= 15 is 0 Å². The Morgan fingerprint density at radius 3 is 2.60 bits per heavy atom. The van der Waals surface area contributed by atoms with Crippen molar-refractivity contribution in [3.8, 4) is 0 Å². The highest BCUT2D eigenvalue weighted by Gasteiger charge is 2.24. The van der Waals surface area contributed by atoms with Crippen molar-refractivity contribution < 1.29 is 14.7 Å². The molecular weight excluding hydrogens is 220 g/mol. The summed E-state index contributed by atoms with van der Waals surface area (Å²) in [7, 11) is 1.69. The Labute approximate surface area is 96.1 Å². The van der Waals surface area contributed by atoms with Crippen LogP contribution in [-0.4, -0.2) is 49.4 Å². The lowest BCUT2D eigenvalue weighted by Gasteiger charge is -2.30. The number of rotatable bonds is 4. The van der Waals surface area contributed by atoms with Gasteiger partial charge in [0.15, 0.2) is 0 Å². The monoisotopic (exact) mass is 238 g/mol. The van der Waals surface area contributed by atoms with Crippen LogP contribution in [0.15, 0.2) is 0 Å². The Bertz CT molecular complexity index is 184. The highest BCUT2D eigenvalue weighted by atomic mass is 35.5. The number of piperidine rings is 1. The molecular formula is C9H19ClN2O3. The van der Waals surface area contributed by atoms with Gasteiger partial charge in [0.05, 0.1) is 6.61 Å². The largest absolute Gasteiger partial charge is 0.383 e. The summed E-state index contributed by atoms with van der Waals surface area (Å²) in [5.41, 5.74) is 1.71. The van der Waals surface area contributed by atoms with Gasteiger partial charge in [-0.2, -0.15) is 0 Å². The maximum absolute atomic E-state index is 11.1. The van der Waals surface area contributed by atoms with Gasteiger partial charge in [0, 0.05) is 19.6 Å². The fraction of sp³-hybridized carbons (Fsp3) is 0.889. The summed E-state index contributed by atoms with van der Waals surface area (Å²) in [5, 5.41) is 8.46. The van der Waals surface area contributed by atoms with Gasteiger partial charge in [-0.15, -0.1) is 12.4 Å². The van der Waals surface area contributed by atoms with Crippen molar-refractivity contribution in [2.24, 2.45) is 5.92 Å². The van der Waals surface area contributed by atoms with Crippen LogP contribution in [-0.2, 0) is 9.53 Å². The molecule has 90 valence electrons. The van der Waals surface area contributed by atoms with Gasteiger partial charge in [0.25, 0.3) is 0 Å². The normalized spacial score (nSPS) is 18.3. The molecule has 15 heavy (non-hydrogen) atoms. The zero-order chi connectivity index (χ0) is 10.4. The SMILES string of the molecule is COCCN1CCC(C(=O)NO)CC1.Cl. The Hall–Kier alpha value is -0.360. The minimum Gasteiger partial charge on any atom is -0.383 e. The first-order valence-corrected chi connectivity index (χ1v) is 4.93. The molecule has 1 amide bonds. The van der Waals surface area contributed by atoms with E-state index in [0.717, 1.165) is 39.1 Å². The van der Waals surface area contributed by atoms with Crippen molar-refractivity contribution in [1.82, 2.24) is 10.4 Å². The van der Waals surface area contributed by atoms with Crippen molar-refractivity contribution in [2.75, 3.05) is 33.4 Å². The molecule has 0 spiro atoms. The number of ether oxygens (including phenoxy) is 1. The minimum atomic E-state index is -0.253. The Morgan fingerprint density at radius 1 is 1.53 bits per heavy atom. The first-order valence-electron chi connectivity index (χ1n) is 4.93. The molecule has 0 aromatic heterocycles. The second-order valence-electron chi connectivity index (χ2n) is 3.58. The zero-order valence-electron chi connectivity index (χ0n) is 8.94. The molecule has 0 unspecified atom stereocenters. The van der Waals surface area contributed by atoms with Crippen LogP contribution < -0.4 is 5.48 Å². The van der Waals surface area contributed by atoms with E-state index in [0.29, 0.717) is 0 Å². The number of hydrogen-bond acceptors (Lipinski definition) is 4. The molecule has 0 bridgehead atoms. The summed E-state index contributed by atoms with van der Waals surface area (Å²) in [6.07, 6.45) is 1.63. The molecule has 1 rings (SSSR count). The summed E-state index contributed by atoms with van der Waals surface area (Å²) >= 11 is 0. The molecule has 1 saturated heterocycles. The number of carbonyl (C=O) groups excluding carboxylic acids is 1. The van der Waals surface area contributed by atoms with Crippen LogP contribution in [0.1, 0.15) is 12.8 Å². The minimum absolute atomic E-state index is 0. The summed E-state index contributed by atoms with van der Waals surface area (Å²) in [5.74, 6) is -0.282. The number of hydrogen-bond donors (Lipinski definition) is 2. The van der Waals surface area contributed by atoms with E-state index in [2.05, 4.69) is 4.90 Å². The van der Waals surface area contributed by atoms with Gasteiger partial charge in [0.2, 0.25) is 5.91 Å². The summed E-state index contributed by atoms with van der Waals surface area (Å²) in [6.45, 7) is 3.46. The fourth-order valence-corrected chi connectivity index (χ4v) is 1.73. The molecule has 5 nitrogen and oxygen atoms in total. The molecule has 1 aliphatic heterocycles.